The molecule has 1 N–H and O–H groups in total. The minimum Gasteiger partial charge on any atom is -0.497 e. The number of carbonyl (C=O) groups excluding carboxylic acids is 2. The van der Waals surface area contributed by atoms with Crippen molar-refractivity contribution in [3.8, 4) is 5.75 Å². The number of likely N-dealkylation sites (N-methyl/N-ethyl adjacent to an activating group) is 1. The molecular weight excluding hydrogens is 306 g/mol. The predicted molar refractivity (Wildman–Crippen MR) is 94.1 cm³/mol. The maximum atomic E-state index is 12.3. The molecule has 24 heavy (non-hydrogen) atoms. The summed E-state index contributed by atoms with van der Waals surface area (Å²) in [6, 6.07) is 7.58. The Morgan fingerprint density at radius 3 is 2.88 bits per heavy atom. The molecule has 132 valence electrons. The molecule has 1 aliphatic heterocycles. The van der Waals surface area contributed by atoms with E-state index < -0.39 is 0 Å². The zero-order chi connectivity index (χ0) is 17.5. The van der Waals surface area contributed by atoms with Gasteiger partial charge in [0, 0.05) is 24.8 Å². The molecule has 0 aliphatic carbocycles. The van der Waals surface area contributed by atoms with E-state index in [1.165, 1.54) is 11.3 Å². The number of piperidine rings is 1. The van der Waals surface area contributed by atoms with Crippen LogP contribution in [-0.2, 0) is 9.59 Å². The SMILES string of the molecule is COc1cccc(NC(=O)CN(C)C(=O)CN2CCCC[C@H]2C)c1. The molecule has 6 heteroatoms. The predicted octanol–water partition coefficient (Wildman–Crippen LogP) is 1.97. The lowest BCUT2D eigenvalue weighted by Crippen LogP contribution is -2.46. The Hall–Kier alpha value is -2.08. The molecule has 0 radical (unpaired) electrons. The summed E-state index contributed by atoms with van der Waals surface area (Å²) in [6.07, 6.45) is 3.50. The van der Waals surface area contributed by atoms with Crippen LogP contribution in [0.5, 0.6) is 5.75 Å². The van der Waals surface area contributed by atoms with Crippen molar-refractivity contribution in [1.82, 2.24) is 9.80 Å². The normalized spacial score (nSPS) is 18.0. The minimum absolute atomic E-state index is 0.0236. The Morgan fingerprint density at radius 1 is 1.38 bits per heavy atom. The maximum Gasteiger partial charge on any atom is 0.243 e. The Morgan fingerprint density at radius 2 is 2.17 bits per heavy atom. The Bertz CT molecular complexity index is 576. The number of rotatable bonds is 6. The average molecular weight is 333 g/mol. The van der Waals surface area contributed by atoms with Crippen LogP contribution < -0.4 is 10.1 Å². The molecule has 0 saturated carbocycles. The lowest BCUT2D eigenvalue weighted by atomic mass is 10.0. The molecule has 1 atom stereocenters. The Labute approximate surface area is 143 Å². The van der Waals surface area contributed by atoms with Crippen molar-refractivity contribution in [3.63, 3.8) is 0 Å². The molecule has 0 aromatic heterocycles. The minimum atomic E-state index is -0.217. The first-order valence-electron chi connectivity index (χ1n) is 8.41. The topological polar surface area (TPSA) is 61.9 Å². The number of hydrogen-bond donors (Lipinski definition) is 1. The van der Waals surface area contributed by atoms with E-state index in [4.69, 9.17) is 4.74 Å². The van der Waals surface area contributed by atoms with Crippen LogP contribution >= 0.6 is 0 Å². The molecule has 2 amide bonds. The number of anilines is 1. The Kier molecular flexibility index (Phi) is 6.61. The first-order valence-corrected chi connectivity index (χ1v) is 8.41. The highest BCUT2D eigenvalue weighted by Gasteiger charge is 2.22. The third-order valence-electron chi connectivity index (χ3n) is 4.44. The zero-order valence-corrected chi connectivity index (χ0v) is 14.7. The summed E-state index contributed by atoms with van der Waals surface area (Å²) in [4.78, 5) is 28.1. The molecule has 0 spiro atoms. The number of carbonyl (C=O) groups is 2. The largest absolute Gasteiger partial charge is 0.497 e. The van der Waals surface area contributed by atoms with Gasteiger partial charge in [-0.05, 0) is 38.4 Å². The molecule has 1 aliphatic rings. The van der Waals surface area contributed by atoms with Crippen molar-refractivity contribution >= 4 is 17.5 Å². The van der Waals surface area contributed by atoms with Gasteiger partial charge in [0.2, 0.25) is 11.8 Å². The molecular formula is C18H27N3O3. The molecule has 0 bridgehead atoms. The van der Waals surface area contributed by atoms with Gasteiger partial charge in [0.25, 0.3) is 0 Å². The van der Waals surface area contributed by atoms with E-state index in [-0.39, 0.29) is 18.4 Å². The van der Waals surface area contributed by atoms with E-state index in [1.54, 1.807) is 32.4 Å². The molecule has 2 rings (SSSR count). The number of methoxy groups -OCH3 is 1. The molecule has 6 nitrogen and oxygen atoms in total. The summed E-state index contributed by atoms with van der Waals surface area (Å²) in [5.41, 5.74) is 0.657. The van der Waals surface area contributed by atoms with Crippen LogP contribution in [0.25, 0.3) is 0 Å². The van der Waals surface area contributed by atoms with Crippen molar-refractivity contribution in [2.45, 2.75) is 32.2 Å². The van der Waals surface area contributed by atoms with Crippen LogP contribution in [0.15, 0.2) is 24.3 Å². The summed E-state index contributed by atoms with van der Waals surface area (Å²) in [6.45, 7) is 3.53. The van der Waals surface area contributed by atoms with E-state index in [2.05, 4.69) is 17.1 Å². The summed E-state index contributed by atoms with van der Waals surface area (Å²) >= 11 is 0. The van der Waals surface area contributed by atoms with Crippen molar-refractivity contribution in [3.05, 3.63) is 24.3 Å². The van der Waals surface area contributed by atoms with Crippen LogP contribution in [0.4, 0.5) is 5.69 Å². The number of nitrogens with zero attached hydrogens (tertiary/aromatic N) is 2. The third kappa shape index (κ3) is 5.23. The highest BCUT2D eigenvalue weighted by atomic mass is 16.5. The fourth-order valence-electron chi connectivity index (χ4n) is 2.89. The number of amides is 2. The second kappa shape index (κ2) is 8.68. The quantitative estimate of drug-likeness (QED) is 0.864. The van der Waals surface area contributed by atoms with E-state index in [0.717, 1.165) is 19.4 Å². The highest BCUT2D eigenvalue weighted by Crippen LogP contribution is 2.17. The van der Waals surface area contributed by atoms with Crippen LogP contribution in [-0.4, -0.2) is 61.4 Å². The van der Waals surface area contributed by atoms with E-state index in [1.807, 2.05) is 6.07 Å². The second-order valence-corrected chi connectivity index (χ2v) is 6.35. The molecule has 0 unspecified atom stereocenters. The van der Waals surface area contributed by atoms with Crippen LogP contribution in [0.3, 0.4) is 0 Å². The fraction of sp³-hybridized carbons (Fsp3) is 0.556. The standard InChI is InChI=1S/C18H27N3O3/c1-14-7-4-5-10-21(14)13-18(23)20(2)12-17(22)19-15-8-6-9-16(11-15)24-3/h6,8-9,11,14H,4-5,7,10,12-13H2,1-3H3,(H,19,22)/t14-/m1/s1. The fourth-order valence-corrected chi connectivity index (χ4v) is 2.89. The maximum absolute atomic E-state index is 12.3. The van der Waals surface area contributed by atoms with Crippen molar-refractivity contribution in [2.24, 2.45) is 0 Å². The summed E-state index contributed by atoms with van der Waals surface area (Å²) < 4.78 is 5.13. The number of benzene rings is 1. The van der Waals surface area contributed by atoms with E-state index >= 15 is 0 Å². The van der Waals surface area contributed by atoms with Crippen molar-refractivity contribution in [2.75, 3.05) is 39.1 Å². The highest BCUT2D eigenvalue weighted by molar-refractivity contribution is 5.94. The van der Waals surface area contributed by atoms with Crippen molar-refractivity contribution in [1.29, 1.82) is 0 Å². The number of hydrogen-bond acceptors (Lipinski definition) is 4. The molecule has 1 aromatic rings. The zero-order valence-electron chi connectivity index (χ0n) is 14.7. The van der Waals surface area contributed by atoms with Gasteiger partial charge in [-0.25, -0.2) is 0 Å². The van der Waals surface area contributed by atoms with Gasteiger partial charge in [-0.3, -0.25) is 14.5 Å². The lowest BCUT2D eigenvalue weighted by Gasteiger charge is -2.33. The van der Waals surface area contributed by atoms with Crippen LogP contribution in [0.2, 0.25) is 0 Å². The lowest BCUT2D eigenvalue weighted by molar-refractivity contribution is -0.135. The van der Waals surface area contributed by atoms with Gasteiger partial charge in [0.05, 0.1) is 20.2 Å². The number of likely N-dealkylation sites (tertiary alicyclic amines) is 1. The second-order valence-electron chi connectivity index (χ2n) is 6.35. The molecule has 1 aromatic carbocycles. The third-order valence-corrected chi connectivity index (χ3v) is 4.44. The summed E-state index contributed by atoms with van der Waals surface area (Å²) in [7, 11) is 3.25. The number of ether oxygens (including phenoxy) is 1. The summed E-state index contributed by atoms with van der Waals surface area (Å²) in [5, 5.41) is 2.79. The van der Waals surface area contributed by atoms with E-state index in [9.17, 15) is 9.59 Å². The van der Waals surface area contributed by atoms with Gasteiger partial charge >= 0.3 is 0 Å². The molecule has 1 saturated heterocycles. The van der Waals surface area contributed by atoms with E-state index in [0.29, 0.717) is 24.0 Å². The van der Waals surface area contributed by atoms with Crippen LogP contribution in [0.1, 0.15) is 26.2 Å². The van der Waals surface area contributed by atoms with Crippen LogP contribution in [0, 0.1) is 0 Å². The first-order chi connectivity index (χ1) is 11.5. The van der Waals surface area contributed by atoms with Gasteiger partial charge in [0.15, 0.2) is 0 Å². The van der Waals surface area contributed by atoms with Gasteiger partial charge in [-0.2, -0.15) is 0 Å². The van der Waals surface area contributed by atoms with Gasteiger partial charge in [-0.15, -0.1) is 0 Å². The Balaban J connectivity index is 1.82. The van der Waals surface area contributed by atoms with Gasteiger partial charge in [-0.1, -0.05) is 12.5 Å². The monoisotopic (exact) mass is 333 g/mol. The first kappa shape index (κ1) is 18.3. The molecule has 1 heterocycles. The smallest absolute Gasteiger partial charge is 0.243 e. The van der Waals surface area contributed by atoms with Crippen molar-refractivity contribution < 1.29 is 14.3 Å². The average Bonchev–Trinajstić information content (AvgIpc) is 2.56. The van der Waals surface area contributed by atoms with Gasteiger partial charge < -0.3 is 15.0 Å². The summed E-state index contributed by atoms with van der Waals surface area (Å²) in [5.74, 6) is 0.437. The van der Waals surface area contributed by atoms with Gasteiger partial charge in [0.1, 0.15) is 5.75 Å². The molecule has 1 fully saturated rings. The number of nitrogens with one attached hydrogen (secondary N) is 1.